The first-order chi connectivity index (χ1) is 17.4. The number of nitrogens with one attached hydrogen (secondary N) is 2. The standard InChI is InChI=1S/C29H33N5O2/c1-4-15-33(16-5-2)26(35)23-11-6-9-21(17-23)20-34-27(36)29(3,32-28(34)30)25-13-7-10-22(18-25)24-12-8-14-31-19-24/h6-14,17-19H,4-5,15-16,20H2,1-3H3,(H2,30,32). The van der Waals surface area contributed by atoms with E-state index in [0.717, 1.165) is 35.1 Å². The van der Waals surface area contributed by atoms with Crippen LogP contribution in [0.25, 0.3) is 11.1 Å². The third-order valence-corrected chi connectivity index (χ3v) is 6.53. The molecule has 2 aromatic carbocycles. The van der Waals surface area contributed by atoms with E-state index in [-0.39, 0.29) is 24.3 Å². The molecule has 2 amide bonds. The normalized spacial score (nSPS) is 17.2. The molecule has 4 rings (SSSR count). The Morgan fingerprint density at radius 2 is 1.75 bits per heavy atom. The van der Waals surface area contributed by atoms with Gasteiger partial charge in [-0.2, -0.15) is 0 Å². The number of hydrogen-bond acceptors (Lipinski definition) is 4. The first-order valence-electron chi connectivity index (χ1n) is 12.4. The maximum Gasteiger partial charge on any atom is 0.259 e. The Bertz CT molecular complexity index is 1250. The van der Waals surface area contributed by atoms with E-state index in [1.807, 2.05) is 65.6 Å². The van der Waals surface area contributed by atoms with Crippen molar-refractivity contribution < 1.29 is 9.59 Å². The average molecular weight is 484 g/mol. The fourth-order valence-corrected chi connectivity index (χ4v) is 4.64. The number of nitrogens with zero attached hydrogens (tertiary/aromatic N) is 3. The van der Waals surface area contributed by atoms with Gasteiger partial charge >= 0.3 is 0 Å². The van der Waals surface area contributed by atoms with Crippen LogP contribution in [-0.2, 0) is 16.9 Å². The van der Waals surface area contributed by atoms with E-state index in [4.69, 9.17) is 5.41 Å². The molecule has 7 heteroatoms. The van der Waals surface area contributed by atoms with Gasteiger partial charge in [0.05, 0.1) is 6.54 Å². The van der Waals surface area contributed by atoms with Crippen LogP contribution < -0.4 is 5.32 Å². The molecule has 3 aromatic rings. The van der Waals surface area contributed by atoms with Gasteiger partial charge in [-0.15, -0.1) is 0 Å². The van der Waals surface area contributed by atoms with Crippen LogP contribution in [0.1, 0.15) is 55.1 Å². The molecule has 1 aliphatic heterocycles. The number of guanidine groups is 1. The largest absolute Gasteiger partial charge is 0.339 e. The summed E-state index contributed by atoms with van der Waals surface area (Å²) in [6, 6.07) is 19.0. The summed E-state index contributed by atoms with van der Waals surface area (Å²) in [5.74, 6) is -0.158. The van der Waals surface area contributed by atoms with Crippen molar-refractivity contribution in [1.29, 1.82) is 5.41 Å². The summed E-state index contributed by atoms with van der Waals surface area (Å²) in [7, 11) is 0. The lowest BCUT2D eigenvalue weighted by atomic mass is 9.89. The van der Waals surface area contributed by atoms with Gasteiger partial charge in [0, 0.05) is 31.0 Å². The molecule has 0 spiro atoms. The molecule has 2 heterocycles. The smallest absolute Gasteiger partial charge is 0.259 e. The van der Waals surface area contributed by atoms with Crippen LogP contribution in [-0.4, -0.2) is 45.6 Å². The highest BCUT2D eigenvalue weighted by Crippen LogP contribution is 2.32. The highest BCUT2D eigenvalue weighted by atomic mass is 16.2. The number of amides is 2. The first kappa shape index (κ1) is 25.1. The number of aromatic nitrogens is 1. The minimum absolute atomic E-state index is 0.00134. The molecule has 186 valence electrons. The van der Waals surface area contributed by atoms with Crippen molar-refractivity contribution in [2.45, 2.75) is 45.7 Å². The van der Waals surface area contributed by atoms with Gasteiger partial charge in [0.25, 0.3) is 11.8 Å². The molecular weight excluding hydrogens is 450 g/mol. The van der Waals surface area contributed by atoms with Gasteiger partial charge in [0.15, 0.2) is 5.96 Å². The first-order valence-corrected chi connectivity index (χ1v) is 12.4. The minimum atomic E-state index is -1.07. The summed E-state index contributed by atoms with van der Waals surface area (Å²) >= 11 is 0. The summed E-state index contributed by atoms with van der Waals surface area (Å²) < 4.78 is 0. The van der Waals surface area contributed by atoms with E-state index < -0.39 is 5.54 Å². The van der Waals surface area contributed by atoms with Gasteiger partial charge in [-0.1, -0.05) is 50.2 Å². The second kappa shape index (κ2) is 10.7. The zero-order valence-electron chi connectivity index (χ0n) is 21.1. The van der Waals surface area contributed by atoms with Crippen molar-refractivity contribution in [1.82, 2.24) is 20.1 Å². The molecule has 7 nitrogen and oxygen atoms in total. The number of rotatable bonds is 9. The molecule has 0 saturated carbocycles. The Kier molecular flexibility index (Phi) is 7.48. The van der Waals surface area contributed by atoms with Gasteiger partial charge in [0.1, 0.15) is 5.54 Å². The maximum absolute atomic E-state index is 13.6. The minimum Gasteiger partial charge on any atom is -0.339 e. The molecule has 1 unspecified atom stereocenters. The van der Waals surface area contributed by atoms with Crippen molar-refractivity contribution in [3.63, 3.8) is 0 Å². The fourth-order valence-electron chi connectivity index (χ4n) is 4.64. The number of hydrogen-bond donors (Lipinski definition) is 2. The van der Waals surface area contributed by atoms with Crippen molar-refractivity contribution in [3.8, 4) is 11.1 Å². The lowest BCUT2D eigenvalue weighted by Gasteiger charge is -2.24. The van der Waals surface area contributed by atoms with E-state index in [9.17, 15) is 9.59 Å². The van der Waals surface area contributed by atoms with Crippen LogP contribution >= 0.6 is 0 Å². The second-order valence-corrected chi connectivity index (χ2v) is 9.30. The summed E-state index contributed by atoms with van der Waals surface area (Å²) in [4.78, 5) is 34.2. The van der Waals surface area contributed by atoms with Crippen LogP contribution in [0.2, 0.25) is 0 Å². The van der Waals surface area contributed by atoms with Gasteiger partial charge in [-0.3, -0.25) is 24.9 Å². The summed E-state index contributed by atoms with van der Waals surface area (Å²) in [5.41, 5.74) is 3.04. The van der Waals surface area contributed by atoms with Crippen molar-refractivity contribution in [2.75, 3.05) is 13.1 Å². The molecular formula is C29H33N5O2. The SMILES string of the molecule is CCCN(CCC)C(=O)c1cccc(CN2C(=N)NC(C)(c3cccc(-c4cccnc4)c3)C2=O)c1. The number of pyridine rings is 1. The van der Waals surface area contributed by atoms with E-state index >= 15 is 0 Å². The molecule has 1 aromatic heterocycles. The fraction of sp³-hybridized carbons (Fsp3) is 0.310. The monoisotopic (exact) mass is 483 g/mol. The van der Waals surface area contributed by atoms with Gasteiger partial charge in [-0.05, 0) is 66.3 Å². The zero-order chi connectivity index (χ0) is 25.7. The highest BCUT2D eigenvalue weighted by molar-refractivity contribution is 6.08. The predicted molar refractivity (Wildman–Crippen MR) is 141 cm³/mol. The molecule has 0 radical (unpaired) electrons. The lowest BCUT2D eigenvalue weighted by molar-refractivity contribution is -0.131. The topological polar surface area (TPSA) is 89.4 Å². The molecule has 1 saturated heterocycles. The van der Waals surface area contributed by atoms with Gasteiger partial charge in [-0.25, -0.2) is 0 Å². The second-order valence-electron chi connectivity index (χ2n) is 9.30. The highest BCUT2D eigenvalue weighted by Gasteiger charge is 2.47. The van der Waals surface area contributed by atoms with Gasteiger partial charge in [0.2, 0.25) is 0 Å². The van der Waals surface area contributed by atoms with Crippen LogP contribution in [0.15, 0.2) is 73.1 Å². The Balaban J connectivity index is 1.56. The Morgan fingerprint density at radius 3 is 2.44 bits per heavy atom. The molecule has 2 N–H and O–H groups in total. The van der Waals surface area contributed by atoms with E-state index in [1.165, 1.54) is 4.90 Å². The molecule has 1 aliphatic rings. The molecule has 0 aliphatic carbocycles. The molecule has 36 heavy (non-hydrogen) atoms. The third kappa shape index (κ3) is 5.00. The summed E-state index contributed by atoms with van der Waals surface area (Å²) in [6.07, 6.45) is 5.31. The predicted octanol–water partition coefficient (Wildman–Crippen LogP) is 4.79. The number of benzene rings is 2. The molecule has 1 fully saturated rings. The van der Waals surface area contributed by atoms with Gasteiger partial charge < -0.3 is 10.2 Å². The van der Waals surface area contributed by atoms with Crippen LogP contribution in [0.3, 0.4) is 0 Å². The molecule has 1 atom stereocenters. The molecule has 0 bridgehead atoms. The quantitative estimate of drug-likeness (QED) is 0.458. The van der Waals surface area contributed by atoms with E-state index in [0.29, 0.717) is 18.7 Å². The van der Waals surface area contributed by atoms with Crippen molar-refractivity contribution >= 4 is 17.8 Å². The van der Waals surface area contributed by atoms with Crippen molar-refractivity contribution in [2.24, 2.45) is 0 Å². The van der Waals surface area contributed by atoms with E-state index in [1.54, 1.807) is 19.3 Å². The Hall–Kier alpha value is -4.00. The summed E-state index contributed by atoms with van der Waals surface area (Å²) in [5, 5.41) is 11.6. The number of carbonyl (C=O) groups excluding carboxylic acids is 2. The Morgan fingerprint density at radius 1 is 1.03 bits per heavy atom. The number of carbonyl (C=O) groups is 2. The van der Waals surface area contributed by atoms with Crippen LogP contribution in [0.4, 0.5) is 0 Å². The lowest BCUT2D eigenvalue weighted by Crippen LogP contribution is -2.40. The average Bonchev–Trinajstić information content (AvgIpc) is 3.12. The van der Waals surface area contributed by atoms with Crippen LogP contribution in [0, 0.1) is 5.41 Å². The Labute approximate surface area is 212 Å². The van der Waals surface area contributed by atoms with Crippen LogP contribution in [0.5, 0.6) is 0 Å². The maximum atomic E-state index is 13.6. The zero-order valence-corrected chi connectivity index (χ0v) is 21.1. The van der Waals surface area contributed by atoms with Crippen molar-refractivity contribution in [3.05, 3.63) is 89.7 Å². The van der Waals surface area contributed by atoms with E-state index in [2.05, 4.69) is 24.1 Å². The third-order valence-electron chi connectivity index (χ3n) is 6.53. The summed E-state index contributed by atoms with van der Waals surface area (Å²) in [6.45, 7) is 7.57.